The molecule has 40 heavy (non-hydrogen) atoms. The number of rotatable bonds is 8. The van der Waals surface area contributed by atoms with Crippen LogP contribution in [0.1, 0.15) is 39.8 Å². The third kappa shape index (κ3) is 5.60. The maximum atomic E-state index is 14.4. The second-order valence-electron chi connectivity index (χ2n) is 10.3. The monoisotopic (exact) mass is 583 g/mol. The van der Waals surface area contributed by atoms with Crippen LogP contribution in [-0.4, -0.2) is 45.5 Å². The van der Waals surface area contributed by atoms with Crippen molar-refractivity contribution in [3.63, 3.8) is 0 Å². The highest BCUT2D eigenvalue weighted by molar-refractivity contribution is 7.89. The predicted octanol–water partition coefficient (Wildman–Crippen LogP) is 3.44. The number of hydrogen-bond acceptors (Lipinski definition) is 6. The van der Waals surface area contributed by atoms with Crippen LogP contribution in [0.3, 0.4) is 0 Å². The highest BCUT2D eigenvalue weighted by Gasteiger charge is 2.47. The molecule has 0 aromatic heterocycles. The molecule has 1 fully saturated rings. The lowest BCUT2D eigenvalue weighted by molar-refractivity contribution is -0.122. The molecule has 1 saturated heterocycles. The van der Waals surface area contributed by atoms with Gasteiger partial charge in [-0.05, 0) is 93.1 Å². The molecular weight excluding hydrogens is 550 g/mol. The van der Waals surface area contributed by atoms with Gasteiger partial charge in [-0.3, -0.25) is 9.59 Å². The van der Waals surface area contributed by atoms with Crippen LogP contribution >= 0.6 is 0 Å². The van der Waals surface area contributed by atoms with E-state index < -0.39 is 37.9 Å². The second-order valence-corrected chi connectivity index (χ2v) is 13.7. The number of carbonyl (C=O) groups is 2. The fraction of sp³-hybridized carbons (Fsp3) is 0.310. The summed E-state index contributed by atoms with van der Waals surface area (Å²) in [5, 5.41) is 5.19. The summed E-state index contributed by atoms with van der Waals surface area (Å²) in [6.45, 7) is 8.92. The third-order valence-corrected chi connectivity index (χ3v) is 10.6. The summed E-state index contributed by atoms with van der Waals surface area (Å²) in [6, 6.07) is 13.4. The Kier molecular flexibility index (Phi) is 8.06. The molecule has 1 atom stereocenters. The molecule has 1 heterocycles. The van der Waals surface area contributed by atoms with Crippen LogP contribution in [0.25, 0.3) is 0 Å². The van der Waals surface area contributed by atoms with Crippen molar-refractivity contribution >= 4 is 37.5 Å². The van der Waals surface area contributed by atoms with E-state index in [0.717, 1.165) is 25.9 Å². The van der Waals surface area contributed by atoms with Crippen LogP contribution in [0.5, 0.6) is 0 Å². The Bertz CT molecular complexity index is 1670. The van der Waals surface area contributed by atoms with E-state index in [2.05, 4.69) is 0 Å². The molecule has 0 aliphatic carbocycles. The topological polar surface area (TPSA) is 135 Å². The van der Waals surface area contributed by atoms with E-state index in [0.29, 0.717) is 22.4 Å². The van der Waals surface area contributed by atoms with Gasteiger partial charge < -0.3 is 0 Å². The van der Waals surface area contributed by atoms with Gasteiger partial charge in [0.1, 0.15) is 6.04 Å². The van der Waals surface area contributed by atoms with E-state index in [9.17, 15) is 26.4 Å². The lowest BCUT2D eigenvalue weighted by Gasteiger charge is -2.29. The Morgan fingerprint density at radius 3 is 1.93 bits per heavy atom. The molecule has 4 rings (SSSR count). The summed E-state index contributed by atoms with van der Waals surface area (Å²) in [5.74, 6) is -1.09. The van der Waals surface area contributed by atoms with Crippen molar-refractivity contribution in [3.8, 4) is 0 Å². The Labute approximate surface area is 235 Å². The molecule has 9 nitrogen and oxygen atoms in total. The molecule has 212 valence electrons. The summed E-state index contributed by atoms with van der Waals surface area (Å²) in [4.78, 5) is 27.9. The van der Waals surface area contributed by atoms with Crippen LogP contribution in [0.15, 0.2) is 64.4 Å². The quantitative estimate of drug-likeness (QED) is 0.404. The molecule has 11 heteroatoms. The fourth-order valence-electron chi connectivity index (χ4n) is 5.02. The van der Waals surface area contributed by atoms with E-state index in [1.54, 1.807) is 50.2 Å². The normalized spacial score (nSPS) is 16.3. The average molecular weight is 584 g/mol. The highest BCUT2D eigenvalue weighted by atomic mass is 32.2. The van der Waals surface area contributed by atoms with Gasteiger partial charge in [-0.1, -0.05) is 35.9 Å². The van der Waals surface area contributed by atoms with Crippen molar-refractivity contribution in [2.45, 2.75) is 63.3 Å². The molecule has 3 aromatic rings. The van der Waals surface area contributed by atoms with Gasteiger partial charge in [0.2, 0.25) is 26.0 Å². The van der Waals surface area contributed by atoms with Gasteiger partial charge in [0.25, 0.3) is 5.91 Å². The van der Waals surface area contributed by atoms with E-state index in [-0.39, 0.29) is 29.2 Å². The van der Waals surface area contributed by atoms with Crippen molar-refractivity contribution in [2.24, 2.45) is 5.14 Å². The highest BCUT2D eigenvalue weighted by Crippen LogP contribution is 2.34. The zero-order valence-corrected chi connectivity index (χ0v) is 24.8. The molecule has 0 bridgehead atoms. The summed E-state index contributed by atoms with van der Waals surface area (Å²) in [6.07, 6.45) is -0.116. The zero-order valence-electron chi connectivity index (χ0n) is 23.1. The second kappa shape index (κ2) is 10.9. The molecule has 1 aliphatic rings. The molecular formula is C29H33N3O6S2. The number of sulfonamides is 2. The standard InChI is InChI=1S/C29H33N3O6S2/c1-18-6-10-24(11-7-18)32-27(33)17-26(29(32)34)31(15-14-23-8-12-25(13-9-23)39(30,35)36)40(37,38)28-21(4)19(2)16-20(3)22(28)5/h6-13,16,26H,14-15,17H2,1-5H3,(H2,30,35,36). The number of nitrogens with zero attached hydrogens (tertiary/aromatic N) is 2. The van der Waals surface area contributed by atoms with Crippen LogP contribution in [0.4, 0.5) is 5.69 Å². The minimum atomic E-state index is -4.24. The minimum Gasteiger partial charge on any atom is -0.274 e. The first kappa shape index (κ1) is 29.6. The molecule has 1 aliphatic heterocycles. The average Bonchev–Trinajstić information content (AvgIpc) is 3.16. The molecule has 2 amide bonds. The van der Waals surface area contributed by atoms with Crippen molar-refractivity contribution < 1.29 is 26.4 Å². The number of nitrogens with two attached hydrogens (primary N) is 1. The molecule has 0 radical (unpaired) electrons. The van der Waals surface area contributed by atoms with E-state index in [4.69, 9.17) is 5.14 Å². The Balaban J connectivity index is 1.77. The molecule has 3 aromatic carbocycles. The third-order valence-electron chi connectivity index (χ3n) is 7.50. The number of hydrogen-bond donors (Lipinski definition) is 1. The number of imide groups is 1. The van der Waals surface area contributed by atoms with Gasteiger partial charge >= 0.3 is 0 Å². The van der Waals surface area contributed by atoms with Gasteiger partial charge in [0.05, 0.1) is 21.9 Å². The first-order valence-electron chi connectivity index (χ1n) is 12.8. The van der Waals surface area contributed by atoms with Crippen molar-refractivity contribution in [2.75, 3.05) is 11.4 Å². The van der Waals surface area contributed by atoms with Crippen LogP contribution in [0.2, 0.25) is 0 Å². The molecule has 0 spiro atoms. The van der Waals surface area contributed by atoms with Crippen LogP contribution in [-0.2, 0) is 36.1 Å². The number of aryl methyl sites for hydroxylation is 3. The number of benzene rings is 3. The van der Waals surface area contributed by atoms with Crippen LogP contribution in [0, 0.1) is 34.6 Å². The molecule has 0 saturated carbocycles. The fourth-order valence-corrected chi connectivity index (χ4v) is 7.70. The zero-order chi connectivity index (χ0) is 29.6. The van der Waals surface area contributed by atoms with E-state index in [1.165, 1.54) is 12.1 Å². The summed E-state index contributed by atoms with van der Waals surface area (Å²) < 4.78 is 53.1. The van der Waals surface area contributed by atoms with Crippen LogP contribution < -0.4 is 10.0 Å². The summed E-state index contributed by atoms with van der Waals surface area (Å²) in [7, 11) is -8.13. The van der Waals surface area contributed by atoms with Gasteiger partial charge in [0.15, 0.2) is 0 Å². The molecule has 1 unspecified atom stereocenters. The number of primary sulfonamides is 1. The lowest BCUT2D eigenvalue weighted by Crippen LogP contribution is -2.46. The maximum Gasteiger partial charge on any atom is 0.252 e. The summed E-state index contributed by atoms with van der Waals surface area (Å²) in [5.41, 5.74) is 4.76. The lowest BCUT2D eigenvalue weighted by atomic mass is 10.0. The number of amides is 2. The van der Waals surface area contributed by atoms with E-state index in [1.807, 2.05) is 26.8 Å². The van der Waals surface area contributed by atoms with E-state index >= 15 is 0 Å². The molecule has 2 N–H and O–H groups in total. The predicted molar refractivity (Wildman–Crippen MR) is 153 cm³/mol. The Morgan fingerprint density at radius 1 is 0.850 bits per heavy atom. The van der Waals surface area contributed by atoms with Gasteiger partial charge in [0, 0.05) is 6.54 Å². The van der Waals surface area contributed by atoms with Gasteiger partial charge in [-0.25, -0.2) is 26.9 Å². The largest absolute Gasteiger partial charge is 0.274 e. The Morgan fingerprint density at radius 2 is 1.40 bits per heavy atom. The first-order valence-corrected chi connectivity index (χ1v) is 15.8. The Hall–Kier alpha value is -3.38. The minimum absolute atomic E-state index is 0.0625. The summed E-state index contributed by atoms with van der Waals surface area (Å²) >= 11 is 0. The SMILES string of the molecule is Cc1ccc(N2C(=O)CC(N(CCc3ccc(S(N)(=O)=O)cc3)S(=O)(=O)c3c(C)c(C)cc(C)c3C)C2=O)cc1. The van der Waals surface area contributed by atoms with Gasteiger partial charge in [-0.15, -0.1) is 0 Å². The van der Waals surface area contributed by atoms with Crippen molar-refractivity contribution in [1.29, 1.82) is 0 Å². The van der Waals surface area contributed by atoms with Crippen molar-refractivity contribution in [1.82, 2.24) is 4.31 Å². The first-order chi connectivity index (χ1) is 18.6. The van der Waals surface area contributed by atoms with Crippen molar-refractivity contribution in [3.05, 3.63) is 88.0 Å². The van der Waals surface area contributed by atoms with Gasteiger partial charge in [-0.2, -0.15) is 4.31 Å². The number of carbonyl (C=O) groups excluding carboxylic acids is 2. The number of anilines is 1. The maximum absolute atomic E-state index is 14.4. The smallest absolute Gasteiger partial charge is 0.252 e.